The summed E-state index contributed by atoms with van der Waals surface area (Å²) in [7, 11) is 2.99. The van der Waals surface area contributed by atoms with Crippen LogP contribution in [0.25, 0.3) is 0 Å². The van der Waals surface area contributed by atoms with E-state index in [-0.39, 0.29) is 30.2 Å². The molecule has 2 unspecified atom stereocenters. The fourth-order valence-corrected chi connectivity index (χ4v) is 1.49. The van der Waals surface area contributed by atoms with Crippen LogP contribution in [0.3, 0.4) is 0 Å². The van der Waals surface area contributed by atoms with E-state index < -0.39 is 6.04 Å². The number of nitrogens with zero attached hydrogens (tertiary/aromatic N) is 1. The first-order chi connectivity index (χ1) is 7.43. The Morgan fingerprint density at radius 3 is 2.35 bits per heavy atom. The van der Waals surface area contributed by atoms with Gasteiger partial charge in [-0.25, -0.2) is 0 Å². The normalized spacial score (nSPS) is 13.2. The molecule has 0 bridgehead atoms. The molecule has 0 radical (unpaired) electrons. The van der Waals surface area contributed by atoms with Gasteiger partial charge in [0.25, 0.3) is 0 Å². The van der Waals surface area contributed by atoms with Crippen LogP contribution in [0.5, 0.6) is 0 Å². The average molecular weight is 267 g/mol. The van der Waals surface area contributed by atoms with Gasteiger partial charge in [-0.15, -0.1) is 12.4 Å². The van der Waals surface area contributed by atoms with Crippen molar-refractivity contribution in [1.82, 2.24) is 4.90 Å². The zero-order chi connectivity index (χ0) is 12.7. The smallest absolute Gasteiger partial charge is 0.310 e. The van der Waals surface area contributed by atoms with Crippen molar-refractivity contribution in [2.24, 2.45) is 11.7 Å². The molecule has 17 heavy (non-hydrogen) atoms. The number of hydrogen-bond donors (Lipinski definition) is 1. The first-order valence-electron chi connectivity index (χ1n) is 5.52. The minimum atomic E-state index is -0.472. The summed E-state index contributed by atoms with van der Waals surface area (Å²) in [5.41, 5.74) is 5.71. The second-order valence-electron chi connectivity index (χ2n) is 4.04. The molecule has 5 nitrogen and oxygen atoms in total. The van der Waals surface area contributed by atoms with Crippen LogP contribution in [0.4, 0.5) is 0 Å². The Labute approximate surface area is 109 Å². The Bertz CT molecular complexity index is 249. The molecule has 2 N–H and O–H groups in total. The van der Waals surface area contributed by atoms with E-state index in [1.54, 1.807) is 14.0 Å². The largest absolute Gasteiger partial charge is 0.469 e. The molecule has 0 fully saturated rings. The number of hydrogen-bond acceptors (Lipinski definition) is 4. The topological polar surface area (TPSA) is 72.6 Å². The number of ether oxygens (including phenoxy) is 1. The molecular formula is C11H23ClN2O3. The van der Waals surface area contributed by atoms with E-state index in [4.69, 9.17) is 5.73 Å². The highest BCUT2D eigenvalue weighted by molar-refractivity contribution is 5.85. The molecule has 0 aromatic carbocycles. The highest BCUT2D eigenvalue weighted by atomic mass is 35.5. The molecule has 0 saturated carbocycles. The summed E-state index contributed by atoms with van der Waals surface area (Å²) >= 11 is 0. The van der Waals surface area contributed by atoms with E-state index in [1.165, 1.54) is 12.0 Å². The van der Waals surface area contributed by atoms with Crippen LogP contribution >= 0.6 is 12.4 Å². The SMILES string of the molecule is CCCC(N)C(=O)N(C)CC(C)C(=O)OC.Cl. The lowest BCUT2D eigenvalue weighted by Gasteiger charge is -2.23. The molecule has 2 atom stereocenters. The standard InChI is InChI=1S/C11H22N2O3.ClH/c1-5-6-9(12)10(14)13(3)7-8(2)11(15)16-4;/h8-9H,5-7,12H2,1-4H3;1H. The van der Waals surface area contributed by atoms with E-state index in [0.717, 1.165) is 6.42 Å². The molecule has 102 valence electrons. The number of amides is 1. The van der Waals surface area contributed by atoms with Gasteiger partial charge >= 0.3 is 5.97 Å². The van der Waals surface area contributed by atoms with E-state index in [1.807, 2.05) is 6.92 Å². The van der Waals surface area contributed by atoms with E-state index in [0.29, 0.717) is 13.0 Å². The third-order valence-corrected chi connectivity index (χ3v) is 2.44. The highest BCUT2D eigenvalue weighted by Crippen LogP contribution is 2.04. The van der Waals surface area contributed by atoms with Crippen molar-refractivity contribution < 1.29 is 14.3 Å². The molecule has 1 amide bonds. The monoisotopic (exact) mass is 266 g/mol. The summed E-state index contributed by atoms with van der Waals surface area (Å²) in [6, 6.07) is -0.472. The van der Waals surface area contributed by atoms with Gasteiger partial charge in [-0.2, -0.15) is 0 Å². The number of nitrogens with two attached hydrogens (primary N) is 1. The predicted molar refractivity (Wildman–Crippen MR) is 68.9 cm³/mol. The van der Waals surface area contributed by atoms with Gasteiger partial charge in [0.15, 0.2) is 0 Å². The van der Waals surface area contributed by atoms with Crippen molar-refractivity contribution >= 4 is 24.3 Å². The molecule has 0 rings (SSSR count). The second kappa shape index (κ2) is 9.24. The lowest BCUT2D eigenvalue weighted by molar-refractivity contribution is -0.146. The maximum absolute atomic E-state index is 11.7. The predicted octanol–water partition coefficient (Wildman–Crippen LogP) is 0.803. The first-order valence-corrected chi connectivity index (χ1v) is 5.52. The average Bonchev–Trinajstić information content (AvgIpc) is 2.26. The van der Waals surface area contributed by atoms with E-state index in [9.17, 15) is 9.59 Å². The highest BCUT2D eigenvalue weighted by Gasteiger charge is 2.21. The number of carbonyl (C=O) groups is 2. The molecule has 0 aliphatic carbocycles. The van der Waals surface area contributed by atoms with Crippen molar-refractivity contribution in [1.29, 1.82) is 0 Å². The van der Waals surface area contributed by atoms with Gasteiger partial charge in [-0.3, -0.25) is 9.59 Å². The fourth-order valence-electron chi connectivity index (χ4n) is 1.49. The van der Waals surface area contributed by atoms with Gasteiger partial charge < -0.3 is 15.4 Å². The number of carbonyl (C=O) groups excluding carboxylic acids is 2. The molecule has 0 spiro atoms. The van der Waals surface area contributed by atoms with Crippen LogP contribution in [-0.4, -0.2) is 43.5 Å². The lowest BCUT2D eigenvalue weighted by atomic mass is 10.1. The molecule has 6 heteroatoms. The van der Waals surface area contributed by atoms with Crippen LogP contribution < -0.4 is 5.73 Å². The van der Waals surface area contributed by atoms with E-state index >= 15 is 0 Å². The summed E-state index contributed by atoms with van der Waals surface area (Å²) in [5.74, 6) is -0.769. The summed E-state index contributed by atoms with van der Waals surface area (Å²) in [6.07, 6.45) is 1.53. The number of likely N-dealkylation sites (N-methyl/N-ethyl adjacent to an activating group) is 1. The maximum Gasteiger partial charge on any atom is 0.310 e. The first kappa shape index (κ1) is 18.6. The summed E-state index contributed by atoms with van der Waals surface area (Å²) < 4.78 is 4.59. The molecular weight excluding hydrogens is 244 g/mol. The van der Waals surface area contributed by atoms with E-state index in [2.05, 4.69) is 4.74 Å². The minimum Gasteiger partial charge on any atom is -0.469 e. The van der Waals surface area contributed by atoms with Crippen molar-refractivity contribution in [2.75, 3.05) is 20.7 Å². The van der Waals surface area contributed by atoms with Crippen molar-refractivity contribution in [3.8, 4) is 0 Å². The summed E-state index contributed by atoms with van der Waals surface area (Å²) in [6.45, 7) is 4.04. The van der Waals surface area contributed by atoms with Gasteiger partial charge in [0.1, 0.15) is 0 Å². The Kier molecular flexibility index (Phi) is 10.1. The second-order valence-corrected chi connectivity index (χ2v) is 4.04. The third kappa shape index (κ3) is 6.48. The Balaban J connectivity index is 0. The number of rotatable bonds is 6. The molecule has 0 heterocycles. The molecule has 0 saturated heterocycles. The van der Waals surface area contributed by atoms with Crippen LogP contribution in [-0.2, 0) is 14.3 Å². The Morgan fingerprint density at radius 2 is 1.94 bits per heavy atom. The number of halogens is 1. The lowest BCUT2D eigenvalue weighted by Crippen LogP contribution is -2.44. The minimum absolute atomic E-state index is 0. The summed E-state index contributed by atoms with van der Waals surface area (Å²) in [5, 5.41) is 0. The maximum atomic E-state index is 11.7. The third-order valence-electron chi connectivity index (χ3n) is 2.44. The molecule has 0 aromatic rings. The fraction of sp³-hybridized carbons (Fsp3) is 0.818. The van der Waals surface area contributed by atoms with Gasteiger partial charge in [0.2, 0.25) is 5.91 Å². The Morgan fingerprint density at radius 1 is 1.41 bits per heavy atom. The Hall–Kier alpha value is -0.810. The zero-order valence-electron chi connectivity index (χ0n) is 10.9. The number of esters is 1. The van der Waals surface area contributed by atoms with Crippen molar-refractivity contribution in [3.05, 3.63) is 0 Å². The quantitative estimate of drug-likeness (QED) is 0.722. The van der Waals surface area contributed by atoms with Gasteiger partial charge in [0.05, 0.1) is 19.1 Å². The van der Waals surface area contributed by atoms with Crippen LogP contribution in [0.1, 0.15) is 26.7 Å². The van der Waals surface area contributed by atoms with Crippen LogP contribution in [0.15, 0.2) is 0 Å². The number of methoxy groups -OCH3 is 1. The molecule has 0 aromatic heterocycles. The van der Waals surface area contributed by atoms with Gasteiger partial charge in [-0.1, -0.05) is 20.3 Å². The molecule has 0 aliphatic rings. The van der Waals surface area contributed by atoms with Gasteiger partial charge in [-0.05, 0) is 6.42 Å². The summed E-state index contributed by atoms with van der Waals surface area (Å²) in [4.78, 5) is 24.4. The van der Waals surface area contributed by atoms with Crippen LogP contribution in [0, 0.1) is 5.92 Å². The van der Waals surface area contributed by atoms with Crippen molar-refractivity contribution in [3.63, 3.8) is 0 Å². The zero-order valence-corrected chi connectivity index (χ0v) is 11.8. The van der Waals surface area contributed by atoms with Crippen LogP contribution in [0.2, 0.25) is 0 Å². The van der Waals surface area contributed by atoms with Gasteiger partial charge in [0, 0.05) is 13.6 Å². The van der Waals surface area contributed by atoms with Crippen molar-refractivity contribution in [2.45, 2.75) is 32.7 Å². The molecule has 0 aliphatic heterocycles.